The Bertz CT molecular complexity index is 795. The zero-order chi connectivity index (χ0) is 16.9. The molecule has 23 heavy (non-hydrogen) atoms. The highest BCUT2D eigenvalue weighted by molar-refractivity contribution is 7.89. The zero-order valence-corrected chi connectivity index (χ0v) is 14.8. The van der Waals surface area contributed by atoms with Gasteiger partial charge in [-0.2, -0.15) is 9.57 Å². The summed E-state index contributed by atoms with van der Waals surface area (Å²) in [5.41, 5.74) is 0.414. The molecule has 0 fully saturated rings. The largest absolute Gasteiger partial charge is 0.383 e. The van der Waals surface area contributed by atoms with Crippen molar-refractivity contribution in [1.82, 2.24) is 4.31 Å². The molecule has 0 aliphatic carbocycles. The molecule has 0 atom stereocenters. The van der Waals surface area contributed by atoms with Crippen molar-refractivity contribution in [2.24, 2.45) is 0 Å². The standard InChI is InChI=1S/C15H15ClN2O3S2/c1-21-9-8-18(11-13-4-7-15(16)22-13)23(19,20)14-5-2-12(10-17)3-6-14/h2-7H,8-9,11H2,1H3. The number of benzene rings is 1. The Morgan fingerprint density at radius 2 is 1.96 bits per heavy atom. The molecule has 0 aliphatic heterocycles. The van der Waals surface area contributed by atoms with Gasteiger partial charge in [0.05, 0.1) is 27.5 Å². The summed E-state index contributed by atoms with van der Waals surface area (Å²) in [6, 6.07) is 11.4. The number of ether oxygens (including phenoxy) is 1. The van der Waals surface area contributed by atoms with Crippen molar-refractivity contribution in [3.8, 4) is 6.07 Å². The van der Waals surface area contributed by atoms with Crippen molar-refractivity contribution >= 4 is 33.0 Å². The number of nitrogens with zero attached hydrogens (tertiary/aromatic N) is 2. The van der Waals surface area contributed by atoms with Crippen molar-refractivity contribution in [1.29, 1.82) is 5.26 Å². The van der Waals surface area contributed by atoms with Crippen LogP contribution in [0.1, 0.15) is 10.4 Å². The predicted octanol–water partition coefficient (Wildman–Crippen LogP) is 3.11. The molecule has 2 rings (SSSR count). The van der Waals surface area contributed by atoms with Crippen LogP contribution in [0.15, 0.2) is 41.3 Å². The maximum absolute atomic E-state index is 12.8. The number of sulfonamides is 1. The highest BCUT2D eigenvalue weighted by Gasteiger charge is 2.25. The van der Waals surface area contributed by atoms with Gasteiger partial charge >= 0.3 is 0 Å². The van der Waals surface area contributed by atoms with Crippen LogP contribution in [-0.2, 0) is 21.3 Å². The first-order valence-electron chi connectivity index (χ1n) is 6.71. The fourth-order valence-electron chi connectivity index (χ4n) is 1.94. The Labute approximate surface area is 144 Å². The highest BCUT2D eigenvalue weighted by atomic mass is 35.5. The van der Waals surface area contributed by atoms with Gasteiger partial charge < -0.3 is 4.74 Å². The first kappa shape index (κ1) is 17.9. The van der Waals surface area contributed by atoms with E-state index in [0.29, 0.717) is 9.90 Å². The average Bonchev–Trinajstić information content (AvgIpc) is 2.96. The SMILES string of the molecule is COCCN(Cc1ccc(Cl)s1)S(=O)(=O)c1ccc(C#N)cc1. The van der Waals surface area contributed by atoms with Gasteiger partial charge in [0, 0.05) is 25.1 Å². The van der Waals surface area contributed by atoms with E-state index in [-0.39, 0.29) is 24.6 Å². The van der Waals surface area contributed by atoms with Gasteiger partial charge in [-0.15, -0.1) is 11.3 Å². The van der Waals surface area contributed by atoms with Gasteiger partial charge in [-0.3, -0.25) is 0 Å². The van der Waals surface area contributed by atoms with E-state index in [0.717, 1.165) is 4.88 Å². The Hall–Kier alpha value is -1.43. The molecule has 1 aromatic heterocycles. The van der Waals surface area contributed by atoms with Gasteiger partial charge in [0.2, 0.25) is 10.0 Å². The number of methoxy groups -OCH3 is 1. The number of halogens is 1. The van der Waals surface area contributed by atoms with E-state index in [1.807, 2.05) is 6.07 Å². The third-order valence-electron chi connectivity index (χ3n) is 3.13. The lowest BCUT2D eigenvalue weighted by atomic mass is 10.2. The summed E-state index contributed by atoms with van der Waals surface area (Å²) in [5.74, 6) is 0. The summed E-state index contributed by atoms with van der Waals surface area (Å²) < 4.78 is 32.6. The van der Waals surface area contributed by atoms with E-state index < -0.39 is 10.0 Å². The zero-order valence-electron chi connectivity index (χ0n) is 12.4. The second-order valence-electron chi connectivity index (χ2n) is 4.67. The van der Waals surface area contributed by atoms with E-state index in [2.05, 4.69) is 0 Å². The topological polar surface area (TPSA) is 70.4 Å². The summed E-state index contributed by atoms with van der Waals surface area (Å²) in [6.07, 6.45) is 0. The van der Waals surface area contributed by atoms with Crippen LogP contribution in [0, 0.1) is 11.3 Å². The Balaban J connectivity index is 2.29. The van der Waals surface area contributed by atoms with Gasteiger partial charge in [-0.05, 0) is 36.4 Å². The highest BCUT2D eigenvalue weighted by Crippen LogP contribution is 2.25. The van der Waals surface area contributed by atoms with Crippen molar-refractivity contribution in [2.45, 2.75) is 11.4 Å². The van der Waals surface area contributed by atoms with Crippen molar-refractivity contribution in [3.05, 3.63) is 51.2 Å². The molecule has 0 N–H and O–H groups in total. The Kier molecular flexibility index (Phi) is 6.16. The number of hydrogen-bond acceptors (Lipinski definition) is 5. The summed E-state index contributed by atoms with van der Waals surface area (Å²) in [5, 5.41) is 8.82. The normalized spacial score (nSPS) is 11.6. The van der Waals surface area contributed by atoms with E-state index in [4.69, 9.17) is 21.6 Å². The molecular weight excluding hydrogens is 356 g/mol. The summed E-state index contributed by atoms with van der Waals surface area (Å²) >= 11 is 7.25. The van der Waals surface area contributed by atoms with Crippen LogP contribution in [0.5, 0.6) is 0 Å². The first-order chi connectivity index (χ1) is 11.0. The molecule has 0 aliphatic rings. The minimum Gasteiger partial charge on any atom is -0.383 e. The third kappa shape index (κ3) is 4.53. The number of thiophene rings is 1. The molecule has 0 spiro atoms. The smallest absolute Gasteiger partial charge is 0.243 e. The maximum atomic E-state index is 12.8. The fraction of sp³-hybridized carbons (Fsp3) is 0.267. The van der Waals surface area contributed by atoms with Gasteiger partial charge in [0.1, 0.15) is 0 Å². The first-order valence-corrected chi connectivity index (χ1v) is 9.34. The van der Waals surface area contributed by atoms with Crippen molar-refractivity contribution in [2.75, 3.05) is 20.3 Å². The summed E-state index contributed by atoms with van der Waals surface area (Å²) in [6.45, 7) is 0.742. The van der Waals surface area contributed by atoms with Crippen LogP contribution in [0.3, 0.4) is 0 Å². The number of hydrogen-bond donors (Lipinski definition) is 0. The molecule has 1 heterocycles. The quantitative estimate of drug-likeness (QED) is 0.750. The lowest BCUT2D eigenvalue weighted by molar-refractivity contribution is 0.177. The van der Waals surface area contributed by atoms with E-state index in [1.165, 1.54) is 47.0 Å². The minimum absolute atomic E-state index is 0.148. The van der Waals surface area contributed by atoms with Crippen LogP contribution >= 0.6 is 22.9 Å². The molecule has 122 valence electrons. The third-order valence-corrected chi connectivity index (χ3v) is 6.20. The minimum atomic E-state index is -3.68. The van der Waals surface area contributed by atoms with Crippen LogP contribution in [-0.4, -0.2) is 33.0 Å². The fourth-order valence-corrected chi connectivity index (χ4v) is 4.53. The Morgan fingerprint density at radius 1 is 1.26 bits per heavy atom. The molecule has 0 saturated heterocycles. The number of rotatable bonds is 7. The second kappa shape index (κ2) is 7.90. The average molecular weight is 371 g/mol. The molecule has 0 amide bonds. The molecule has 1 aromatic carbocycles. The van der Waals surface area contributed by atoms with Gasteiger partial charge in [-0.1, -0.05) is 11.6 Å². The van der Waals surface area contributed by atoms with Crippen molar-refractivity contribution < 1.29 is 13.2 Å². The number of nitriles is 1. The lowest BCUT2D eigenvalue weighted by Gasteiger charge is -2.21. The van der Waals surface area contributed by atoms with Crippen LogP contribution in [0.4, 0.5) is 0 Å². The molecule has 0 radical (unpaired) electrons. The molecule has 0 bridgehead atoms. The van der Waals surface area contributed by atoms with E-state index in [9.17, 15) is 8.42 Å². The molecule has 0 unspecified atom stereocenters. The summed E-state index contributed by atoms with van der Waals surface area (Å²) in [4.78, 5) is 0.999. The van der Waals surface area contributed by atoms with Crippen molar-refractivity contribution in [3.63, 3.8) is 0 Å². The maximum Gasteiger partial charge on any atom is 0.243 e. The summed E-state index contributed by atoms with van der Waals surface area (Å²) in [7, 11) is -2.16. The van der Waals surface area contributed by atoms with Gasteiger partial charge in [0.15, 0.2) is 0 Å². The van der Waals surface area contributed by atoms with Gasteiger partial charge in [-0.25, -0.2) is 8.42 Å². The van der Waals surface area contributed by atoms with Crippen LogP contribution < -0.4 is 0 Å². The lowest BCUT2D eigenvalue weighted by Crippen LogP contribution is -2.33. The second-order valence-corrected chi connectivity index (χ2v) is 8.41. The predicted molar refractivity (Wildman–Crippen MR) is 90.0 cm³/mol. The van der Waals surface area contributed by atoms with Crippen LogP contribution in [0.2, 0.25) is 4.34 Å². The Morgan fingerprint density at radius 3 is 2.48 bits per heavy atom. The molecule has 2 aromatic rings. The molecular formula is C15H15ClN2O3S2. The molecule has 0 saturated carbocycles. The van der Waals surface area contributed by atoms with Crippen LogP contribution in [0.25, 0.3) is 0 Å². The monoisotopic (exact) mass is 370 g/mol. The van der Waals surface area contributed by atoms with E-state index in [1.54, 1.807) is 12.1 Å². The van der Waals surface area contributed by atoms with E-state index >= 15 is 0 Å². The van der Waals surface area contributed by atoms with Gasteiger partial charge in [0.25, 0.3) is 0 Å². The molecule has 8 heteroatoms. The molecule has 5 nitrogen and oxygen atoms in total.